The smallest absolute Gasteiger partial charge is 0.151 e. The second-order valence-corrected chi connectivity index (χ2v) is 4.14. The molecule has 0 aliphatic heterocycles. The van der Waals surface area contributed by atoms with E-state index in [0.717, 1.165) is 16.4 Å². The Bertz CT molecular complexity index is 379. The maximum atomic E-state index is 10.7. The van der Waals surface area contributed by atoms with E-state index in [1.807, 2.05) is 17.0 Å². The van der Waals surface area contributed by atoms with Gasteiger partial charge < -0.3 is 10.0 Å². The molecular formula is C12H14BrNO2. The van der Waals surface area contributed by atoms with Gasteiger partial charge >= 0.3 is 0 Å². The van der Waals surface area contributed by atoms with Crippen LogP contribution in [0.1, 0.15) is 10.4 Å². The minimum atomic E-state index is 0.0842. The molecule has 1 N–H and O–H groups in total. The molecule has 1 rings (SSSR count). The van der Waals surface area contributed by atoms with E-state index in [-0.39, 0.29) is 6.61 Å². The number of aliphatic hydroxyl groups excluding tert-OH is 1. The van der Waals surface area contributed by atoms with Gasteiger partial charge in [-0.05, 0) is 34.1 Å². The predicted molar refractivity (Wildman–Crippen MR) is 69.0 cm³/mol. The number of carbonyl (C=O) groups excluding carboxylic acids is 1. The van der Waals surface area contributed by atoms with E-state index in [0.29, 0.717) is 18.7 Å². The summed E-state index contributed by atoms with van der Waals surface area (Å²) in [5.74, 6) is 0. The maximum absolute atomic E-state index is 10.7. The monoisotopic (exact) mass is 283 g/mol. The van der Waals surface area contributed by atoms with Crippen LogP contribution < -0.4 is 4.90 Å². The third kappa shape index (κ3) is 3.18. The average Bonchev–Trinajstić information content (AvgIpc) is 2.28. The van der Waals surface area contributed by atoms with E-state index >= 15 is 0 Å². The Labute approximate surface area is 104 Å². The van der Waals surface area contributed by atoms with Crippen LogP contribution in [0.15, 0.2) is 35.3 Å². The Kier molecular flexibility index (Phi) is 5.22. The fourth-order valence-corrected chi connectivity index (χ4v) is 1.87. The van der Waals surface area contributed by atoms with E-state index < -0.39 is 0 Å². The molecule has 0 amide bonds. The first-order valence-corrected chi connectivity index (χ1v) is 5.73. The lowest BCUT2D eigenvalue weighted by Gasteiger charge is -2.22. The zero-order chi connectivity index (χ0) is 12.0. The van der Waals surface area contributed by atoms with E-state index in [9.17, 15) is 4.79 Å². The molecule has 1 aromatic rings. The number of rotatable bonds is 6. The largest absolute Gasteiger partial charge is 0.395 e. The average molecular weight is 284 g/mol. The zero-order valence-corrected chi connectivity index (χ0v) is 10.5. The summed E-state index contributed by atoms with van der Waals surface area (Å²) in [5, 5.41) is 8.95. The first-order chi connectivity index (χ1) is 7.72. The lowest BCUT2D eigenvalue weighted by atomic mass is 10.2. The van der Waals surface area contributed by atoms with Crippen molar-refractivity contribution >= 4 is 27.9 Å². The number of benzene rings is 1. The van der Waals surface area contributed by atoms with Crippen LogP contribution in [0.2, 0.25) is 0 Å². The molecule has 0 aliphatic carbocycles. The summed E-state index contributed by atoms with van der Waals surface area (Å²) in [5.41, 5.74) is 1.57. The van der Waals surface area contributed by atoms with Gasteiger partial charge in [0.2, 0.25) is 0 Å². The highest BCUT2D eigenvalue weighted by molar-refractivity contribution is 9.10. The van der Waals surface area contributed by atoms with Crippen molar-refractivity contribution in [3.05, 3.63) is 40.9 Å². The molecule has 0 unspecified atom stereocenters. The second-order valence-electron chi connectivity index (χ2n) is 3.28. The third-order valence-electron chi connectivity index (χ3n) is 2.20. The Morgan fingerprint density at radius 1 is 1.50 bits per heavy atom. The van der Waals surface area contributed by atoms with Gasteiger partial charge in [-0.3, -0.25) is 4.79 Å². The molecule has 0 saturated carbocycles. The number of nitrogens with zero attached hydrogens (tertiary/aromatic N) is 1. The highest BCUT2D eigenvalue weighted by Gasteiger charge is 2.06. The molecule has 0 atom stereocenters. The van der Waals surface area contributed by atoms with Gasteiger partial charge in [-0.1, -0.05) is 6.08 Å². The van der Waals surface area contributed by atoms with Crippen molar-refractivity contribution in [2.24, 2.45) is 0 Å². The maximum Gasteiger partial charge on any atom is 0.151 e. The van der Waals surface area contributed by atoms with Crippen molar-refractivity contribution in [1.82, 2.24) is 0 Å². The highest BCUT2D eigenvalue weighted by atomic mass is 79.9. The molecule has 86 valence electrons. The fraction of sp³-hybridized carbons (Fsp3) is 0.250. The number of carbonyl (C=O) groups is 1. The van der Waals surface area contributed by atoms with Crippen LogP contribution in [0.4, 0.5) is 5.69 Å². The molecule has 0 radical (unpaired) electrons. The van der Waals surface area contributed by atoms with E-state index in [2.05, 4.69) is 22.5 Å². The lowest BCUT2D eigenvalue weighted by Crippen LogP contribution is -2.26. The molecule has 3 nitrogen and oxygen atoms in total. The van der Waals surface area contributed by atoms with Crippen LogP contribution in [0.25, 0.3) is 0 Å². The van der Waals surface area contributed by atoms with Gasteiger partial charge in [-0.25, -0.2) is 0 Å². The van der Waals surface area contributed by atoms with E-state index in [4.69, 9.17) is 5.11 Å². The summed E-state index contributed by atoms with van der Waals surface area (Å²) in [6.07, 6.45) is 2.58. The molecule has 0 saturated heterocycles. The number of hydrogen-bond acceptors (Lipinski definition) is 3. The molecule has 0 heterocycles. The van der Waals surface area contributed by atoms with Crippen molar-refractivity contribution in [3.8, 4) is 0 Å². The number of hydrogen-bond donors (Lipinski definition) is 1. The number of anilines is 1. The minimum absolute atomic E-state index is 0.0842. The summed E-state index contributed by atoms with van der Waals surface area (Å²) in [4.78, 5) is 12.6. The molecule has 4 heteroatoms. The van der Waals surface area contributed by atoms with Crippen molar-refractivity contribution in [1.29, 1.82) is 0 Å². The lowest BCUT2D eigenvalue weighted by molar-refractivity contribution is 0.112. The molecule has 1 aromatic carbocycles. The third-order valence-corrected chi connectivity index (χ3v) is 2.88. The van der Waals surface area contributed by atoms with E-state index in [1.165, 1.54) is 0 Å². The SMILES string of the molecule is C=CCN(CCO)c1ccc(C=O)c(Br)c1. The summed E-state index contributed by atoms with van der Waals surface area (Å²) < 4.78 is 0.756. The molecule has 0 spiro atoms. The Morgan fingerprint density at radius 2 is 2.25 bits per heavy atom. The van der Waals surface area contributed by atoms with Gasteiger partial charge in [-0.2, -0.15) is 0 Å². The van der Waals surface area contributed by atoms with Crippen LogP contribution in [-0.2, 0) is 0 Å². The zero-order valence-electron chi connectivity index (χ0n) is 8.90. The first-order valence-electron chi connectivity index (χ1n) is 4.94. The summed E-state index contributed by atoms with van der Waals surface area (Å²) >= 11 is 3.33. The summed E-state index contributed by atoms with van der Waals surface area (Å²) in [6.45, 7) is 4.96. The Hall–Kier alpha value is -1.13. The van der Waals surface area contributed by atoms with Gasteiger partial charge in [0, 0.05) is 28.8 Å². The van der Waals surface area contributed by atoms with Crippen LogP contribution in [0.3, 0.4) is 0 Å². The molecule has 0 fully saturated rings. The number of aliphatic hydroxyl groups is 1. The van der Waals surface area contributed by atoms with Crippen molar-refractivity contribution in [3.63, 3.8) is 0 Å². The molecular weight excluding hydrogens is 270 g/mol. The summed E-state index contributed by atoms with van der Waals surface area (Å²) in [6, 6.07) is 5.47. The van der Waals surface area contributed by atoms with Crippen molar-refractivity contribution in [2.75, 3.05) is 24.6 Å². The Balaban J connectivity index is 2.95. The van der Waals surface area contributed by atoms with Gasteiger partial charge in [0.1, 0.15) is 0 Å². The van der Waals surface area contributed by atoms with Gasteiger partial charge in [0.25, 0.3) is 0 Å². The van der Waals surface area contributed by atoms with Crippen LogP contribution in [0, 0.1) is 0 Å². The van der Waals surface area contributed by atoms with Crippen molar-refractivity contribution < 1.29 is 9.90 Å². The molecule has 0 bridgehead atoms. The Morgan fingerprint density at radius 3 is 2.75 bits per heavy atom. The van der Waals surface area contributed by atoms with Gasteiger partial charge in [0.15, 0.2) is 6.29 Å². The highest BCUT2D eigenvalue weighted by Crippen LogP contribution is 2.23. The van der Waals surface area contributed by atoms with Crippen LogP contribution in [-0.4, -0.2) is 31.1 Å². The predicted octanol–water partition coefficient (Wildman–Crippen LogP) is 2.25. The second kappa shape index (κ2) is 6.45. The van der Waals surface area contributed by atoms with Crippen molar-refractivity contribution in [2.45, 2.75) is 0 Å². The standard InChI is InChI=1S/C12H14BrNO2/c1-2-5-14(6-7-15)11-4-3-10(9-16)12(13)8-11/h2-4,8-9,15H,1,5-7H2. The quantitative estimate of drug-likeness (QED) is 0.643. The van der Waals surface area contributed by atoms with Crippen LogP contribution >= 0.6 is 15.9 Å². The van der Waals surface area contributed by atoms with Crippen LogP contribution in [0.5, 0.6) is 0 Å². The normalized spacial score (nSPS) is 9.88. The molecule has 16 heavy (non-hydrogen) atoms. The number of aldehydes is 1. The fourth-order valence-electron chi connectivity index (χ4n) is 1.41. The van der Waals surface area contributed by atoms with E-state index in [1.54, 1.807) is 12.1 Å². The van der Waals surface area contributed by atoms with Gasteiger partial charge in [0.05, 0.1) is 6.61 Å². The summed E-state index contributed by atoms with van der Waals surface area (Å²) in [7, 11) is 0. The topological polar surface area (TPSA) is 40.5 Å². The van der Waals surface area contributed by atoms with Gasteiger partial charge in [-0.15, -0.1) is 6.58 Å². The first kappa shape index (κ1) is 12.9. The minimum Gasteiger partial charge on any atom is -0.395 e. The number of halogens is 1. The molecule has 0 aromatic heterocycles. The molecule has 0 aliphatic rings.